The van der Waals surface area contributed by atoms with Gasteiger partial charge in [0.1, 0.15) is 0 Å². The Kier molecular flexibility index (Phi) is 3.85. The number of benzene rings is 2. The molecule has 24 heavy (non-hydrogen) atoms. The SMILES string of the molecule is CCC(C)(c1c[nH]c2ccc(Br)cc12)c1c[nH]c2ccc(Br)cc12. The van der Waals surface area contributed by atoms with Crippen LogP contribution in [0.1, 0.15) is 31.4 Å². The minimum Gasteiger partial charge on any atom is -0.361 e. The van der Waals surface area contributed by atoms with Crippen LogP contribution in [0.3, 0.4) is 0 Å². The number of rotatable bonds is 3. The van der Waals surface area contributed by atoms with E-state index in [-0.39, 0.29) is 5.41 Å². The Hall–Kier alpha value is -1.52. The van der Waals surface area contributed by atoms with Crippen LogP contribution in [0.4, 0.5) is 0 Å². The first-order valence-corrected chi connectivity index (χ1v) is 9.66. The molecule has 0 saturated carbocycles. The van der Waals surface area contributed by atoms with E-state index in [2.05, 4.69) is 104 Å². The molecule has 0 amide bonds. The summed E-state index contributed by atoms with van der Waals surface area (Å²) in [5.41, 5.74) is 4.95. The quantitative estimate of drug-likeness (QED) is 0.344. The number of fused-ring (bicyclic) bond motifs is 2. The van der Waals surface area contributed by atoms with Crippen molar-refractivity contribution in [3.8, 4) is 0 Å². The number of halogens is 2. The highest BCUT2D eigenvalue weighted by Gasteiger charge is 2.32. The topological polar surface area (TPSA) is 31.6 Å². The second-order valence-electron chi connectivity index (χ2n) is 6.47. The third-order valence-electron chi connectivity index (χ3n) is 5.18. The van der Waals surface area contributed by atoms with E-state index in [1.807, 2.05) is 0 Å². The normalized spacial score (nSPS) is 12.3. The minimum absolute atomic E-state index is 0.0713. The second-order valence-corrected chi connectivity index (χ2v) is 8.30. The Balaban J connectivity index is 2.00. The number of hydrogen-bond acceptors (Lipinski definition) is 0. The maximum absolute atomic E-state index is 3.61. The third-order valence-corrected chi connectivity index (χ3v) is 6.17. The Bertz CT molecular complexity index is 962. The van der Waals surface area contributed by atoms with E-state index >= 15 is 0 Å². The van der Waals surface area contributed by atoms with Crippen molar-refractivity contribution in [1.29, 1.82) is 0 Å². The molecule has 2 aromatic carbocycles. The molecule has 0 aliphatic rings. The molecular formula is C20H18Br2N2. The van der Waals surface area contributed by atoms with Gasteiger partial charge in [-0.25, -0.2) is 0 Å². The largest absolute Gasteiger partial charge is 0.361 e. The van der Waals surface area contributed by atoms with Crippen LogP contribution in [0.5, 0.6) is 0 Å². The Morgan fingerprint density at radius 2 is 1.29 bits per heavy atom. The van der Waals surface area contributed by atoms with Gasteiger partial charge in [0.05, 0.1) is 0 Å². The second kappa shape index (κ2) is 5.78. The predicted molar refractivity (Wildman–Crippen MR) is 109 cm³/mol. The van der Waals surface area contributed by atoms with E-state index in [4.69, 9.17) is 0 Å². The summed E-state index contributed by atoms with van der Waals surface area (Å²) in [6.45, 7) is 4.59. The lowest BCUT2D eigenvalue weighted by molar-refractivity contribution is 0.559. The number of hydrogen-bond donors (Lipinski definition) is 2. The average Bonchev–Trinajstić information content (AvgIpc) is 3.18. The summed E-state index contributed by atoms with van der Waals surface area (Å²) in [5, 5.41) is 2.55. The molecule has 0 bridgehead atoms. The van der Waals surface area contributed by atoms with Gasteiger partial charge in [0.2, 0.25) is 0 Å². The lowest BCUT2D eigenvalue weighted by atomic mass is 9.74. The van der Waals surface area contributed by atoms with Gasteiger partial charge < -0.3 is 9.97 Å². The molecule has 2 nitrogen and oxygen atoms in total. The molecule has 0 aliphatic heterocycles. The summed E-state index contributed by atoms with van der Waals surface area (Å²) >= 11 is 7.22. The van der Waals surface area contributed by atoms with Gasteiger partial charge in [-0.2, -0.15) is 0 Å². The minimum atomic E-state index is -0.0713. The van der Waals surface area contributed by atoms with Gasteiger partial charge in [-0.15, -0.1) is 0 Å². The molecular weight excluding hydrogens is 428 g/mol. The highest BCUT2D eigenvalue weighted by atomic mass is 79.9. The fourth-order valence-corrected chi connectivity index (χ4v) is 4.35. The standard InChI is InChI=1S/C20H18Br2N2/c1-3-20(2,16-10-23-18-6-4-12(21)8-14(16)18)17-11-24-19-7-5-13(22)9-15(17)19/h4-11,23-24H,3H2,1-2H3. The van der Waals surface area contributed by atoms with Crippen molar-refractivity contribution in [2.75, 3.05) is 0 Å². The van der Waals surface area contributed by atoms with Crippen molar-refractivity contribution in [2.45, 2.75) is 25.7 Å². The lowest BCUT2D eigenvalue weighted by Crippen LogP contribution is -2.21. The first-order chi connectivity index (χ1) is 11.5. The van der Waals surface area contributed by atoms with Gasteiger partial charge in [0.25, 0.3) is 0 Å². The maximum atomic E-state index is 3.61. The molecule has 4 rings (SSSR count). The highest BCUT2D eigenvalue weighted by molar-refractivity contribution is 9.10. The van der Waals surface area contributed by atoms with E-state index < -0.39 is 0 Å². The van der Waals surface area contributed by atoms with Crippen molar-refractivity contribution >= 4 is 53.7 Å². The molecule has 0 saturated heterocycles. The van der Waals surface area contributed by atoms with Crippen LogP contribution in [-0.2, 0) is 5.41 Å². The summed E-state index contributed by atoms with van der Waals surface area (Å²) in [6, 6.07) is 12.8. The highest BCUT2D eigenvalue weighted by Crippen LogP contribution is 2.42. The molecule has 0 radical (unpaired) electrons. The Morgan fingerprint density at radius 3 is 1.71 bits per heavy atom. The smallest absolute Gasteiger partial charge is 0.0457 e. The zero-order chi connectivity index (χ0) is 16.9. The molecule has 2 N–H and O–H groups in total. The predicted octanol–water partition coefficient (Wildman–Crippen LogP) is 6.89. The molecule has 0 aliphatic carbocycles. The zero-order valence-electron chi connectivity index (χ0n) is 13.6. The van der Waals surface area contributed by atoms with Crippen LogP contribution < -0.4 is 0 Å². The Morgan fingerprint density at radius 1 is 0.833 bits per heavy atom. The van der Waals surface area contributed by atoms with Gasteiger partial charge >= 0.3 is 0 Å². The first kappa shape index (κ1) is 16.0. The molecule has 0 atom stereocenters. The van der Waals surface area contributed by atoms with Gasteiger partial charge in [-0.1, -0.05) is 45.7 Å². The molecule has 4 heteroatoms. The van der Waals surface area contributed by atoms with Crippen LogP contribution in [0.25, 0.3) is 21.8 Å². The van der Waals surface area contributed by atoms with Crippen molar-refractivity contribution in [3.05, 3.63) is 68.9 Å². The summed E-state index contributed by atoms with van der Waals surface area (Å²) < 4.78 is 2.21. The number of aromatic nitrogens is 2. The molecule has 0 fully saturated rings. The summed E-state index contributed by atoms with van der Waals surface area (Å²) in [4.78, 5) is 6.87. The van der Waals surface area contributed by atoms with Crippen LogP contribution in [-0.4, -0.2) is 9.97 Å². The Labute approximate surface area is 157 Å². The lowest BCUT2D eigenvalue weighted by Gasteiger charge is -2.28. The molecule has 122 valence electrons. The van der Waals surface area contributed by atoms with Crippen LogP contribution >= 0.6 is 31.9 Å². The molecule has 2 heterocycles. The summed E-state index contributed by atoms with van der Waals surface area (Å²) in [7, 11) is 0. The van der Waals surface area contributed by atoms with Crippen molar-refractivity contribution in [1.82, 2.24) is 9.97 Å². The molecule has 0 unspecified atom stereocenters. The van der Waals surface area contributed by atoms with Gasteiger partial charge in [0, 0.05) is 48.6 Å². The van der Waals surface area contributed by atoms with Crippen molar-refractivity contribution in [3.63, 3.8) is 0 Å². The van der Waals surface area contributed by atoms with E-state index in [1.165, 1.54) is 32.9 Å². The van der Waals surface area contributed by atoms with E-state index in [1.54, 1.807) is 0 Å². The van der Waals surface area contributed by atoms with Crippen LogP contribution in [0.15, 0.2) is 57.7 Å². The van der Waals surface area contributed by atoms with Crippen LogP contribution in [0, 0.1) is 0 Å². The fourth-order valence-electron chi connectivity index (χ4n) is 3.62. The van der Waals surface area contributed by atoms with E-state index in [9.17, 15) is 0 Å². The van der Waals surface area contributed by atoms with Gasteiger partial charge in [-0.3, -0.25) is 0 Å². The van der Waals surface area contributed by atoms with Crippen LogP contribution in [0.2, 0.25) is 0 Å². The van der Waals surface area contributed by atoms with Gasteiger partial charge in [0.15, 0.2) is 0 Å². The van der Waals surface area contributed by atoms with Crippen molar-refractivity contribution < 1.29 is 0 Å². The molecule has 2 aromatic heterocycles. The number of nitrogens with one attached hydrogen (secondary N) is 2. The molecule has 4 aromatic rings. The number of aromatic amines is 2. The van der Waals surface area contributed by atoms with Gasteiger partial charge in [-0.05, 0) is 53.9 Å². The van der Waals surface area contributed by atoms with E-state index in [0.29, 0.717) is 0 Å². The monoisotopic (exact) mass is 444 g/mol. The third kappa shape index (κ3) is 2.35. The molecule has 0 spiro atoms. The number of H-pyrrole nitrogens is 2. The summed E-state index contributed by atoms with van der Waals surface area (Å²) in [6.07, 6.45) is 5.35. The average molecular weight is 446 g/mol. The fraction of sp³-hybridized carbons (Fsp3) is 0.200. The summed E-state index contributed by atoms with van der Waals surface area (Å²) in [5.74, 6) is 0. The first-order valence-electron chi connectivity index (χ1n) is 8.07. The zero-order valence-corrected chi connectivity index (χ0v) is 16.8. The maximum Gasteiger partial charge on any atom is 0.0457 e. The van der Waals surface area contributed by atoms with Crippen molar-refractivity contribution in [2.24, 2.45) is 0 Å². The van der Waals surface area contributed by atoms with E-state index in [0.717, 1.165) is 15.4 Å².